The van der Waals surface area contributed by atoms with Crippen LogP contribution in [-0.2, 0) is 4.84 Å². The van der Waals surface area contributed by atoms with Crippen LogP contribution in [-0.4, -0.2) is 12.8 Å². The standard InChI is InChI=1S/C5H6NO/c1-2-4-6-7-5-3-1/h2,4H,3,5H2. The van der Waals surface area contributed by atoms with Crippen molar-refractivity contribution in [3.8, 4) is 0 Å². The van der Waals surface area contributed by atoms with Crippen molar-refractivity contribution in [3.63, 3.8) is 0 Å². The second kappa shape index (κ2) is 2.39. The third kappa shape index (κ3) is 1.39. The van der Waals surface area contributed by atoms with E-state index in [1.165, 1.54) is 0 Å². The summed E-state index contributed by atoms with van der Waals surface area (Å²) in [6.45, 7) is 0.660. The second-order valence-electron chi connectivity index (χ2n) is 1.21. The number of allylic oxidation sites excluding steroid dienone is 1. The van der Waals surface area contributed by atoms with E-state index in [4.69, 9.17) is 0 Å². The zero-order chi connectivity index (χ0) is 4.95. The van der Waals surface area contributed by atoms with Gasteiger partial charge in [0.1, 0.15) is 6.61 Å². The highest BCUT2D eigenvalue weighted by Crippen LogP contribution is 1.87. The highest BCUT2D eigenvalue weighted by molar-refractivity contribution is 5.69. The molecule has 7 heavy (non-hydrogen) atoms. The van der Waals surface area contributed by atoms with Crippen molar-refractivity contribution in [1.82, 2.24) is 0 Å². The monoisotopic (exact) mass is 96.0 g/mol. The van der Waals surface area contributed by atoms with Crippen molar-refractivity contribution < 1.29 is 4.84 Å². The molecule has 0 aromatic carbocycles. The molecule has 1 heterocycles. The van der Waals surface area contributed by atoms with Gasteiger partial charge in [-0.2, -0.15) is 0 Å². The Bertz CT molecular complexity index is 84.3. The zero-order valence-corrected chi connectivity index (χ0v) is 3.92. The Morgan fingerprint density at radius 3 is 3.71 bits per heavy atom. The molecule has 1 radical (unpaired) electrons. The molecule has 0 amide bonds. The van der Waals surface area contributed by atoms with Crippen LogP contribution < -0.4 is 0 Å². The fourth-order valence-electron chi connectivity index (χ4n) is 0.367. The smallest absolute Gasteiger partial charge is 0.121 e. The van der Waals surface area contributed by atoms with Crippen molar-refractivity contribution >= 4 is 6.21 Å². The van der Waals surface area contributed by atoms with E-state index in [1.54, 1.807) is 12.3 Å². The molecular formula is C5H6NO. The van der Waals surface area contributed by atoms with Crippen molar-refractivity contribution in [2.75, 3.05) is 6.61 Å². The van der Waals surface area contributed by atoms with Gasteiger partial charge in [0.2, 0.25) is 0 Å². The van der Waals surface area contributed by atoms with Gasteiger partial charge in [-0.1, -0.05) is 5.16 Å². The minimum Gasteiger partial charge on any atom is -0.395 e. The van der Waals surface area contributed by atoms with Crippen molar-refractivity contribution in [1.29, 1.82) is 0 Å². The topological polar surface area (TPSA) is 21.6 Å². The van der Waals surface area contributed by atoms with Gasteiger partial charge in [-0.15, -0.1) is 0 Å². The first-order valence-corrected chi connectivity index (χ1v) is 2.21. The summed E-state index contributed by atoms with van der Waals surface area (Å²) in [5.74, 6) is 0. The molecule has 0 spiro atoms. The summed E-state index contributed by atoms with van der Waals surface area (Å²) in [4.78, 5) is 4.67. The minimum absolute atomic E-state index is 0.660. The third-order valence-corrected chi connectivity index (χ3v) is 0.665. The maximum atomic E-state index is 4.67. The van der Waals surface area contributed by atoms with Gasteiger partial charge in [0, 0.05) is 6.42 Å². The molecule has 0 aromatic heterocycles. The lowest BCUT2D eigenvalue weighted by Gasteiger charge is -1.87. The lowest BCUT2D eigenvalue weighted by molar-refractivity contribution is 0.151. The summed E-state index contributed by atoms with van der Waals surface area (Å²) < 4.78 is 0. The Kier molecular flexibility index (Phi) is 1.50. The van der Waals surface area contributed by atoms with Crippen LogP contribution in [0.25, 0.3) is 0 Å². The van der Waals surface area contributed by atoms with Crippen LogP contribution in [0.1, 0.15) is 6.42 Å². The molecule has 0 bridgehead atoms. The molecule has 0 saturated heterocycles. The van der Waals surface area contributed by atoms with Crippen LogP contribution in [0.4, 0.5) is 0 Å². The fraction of sp³-hybridized carbons (Fsp3) is 0.400. The van der Waals surface area contributed by atoms with E-state index in [0.29, 0.717) is 6.61 Å². The molecule has 2 nitrogen and oxygen atoms in total. The first-order valence-electron chi connectivity index (χ1n) is 2.21. The summed E-state index contributed by atoms with van der Waals surface area (Å²) >= 11 is 0. The Morgan fingerprint density at radius 1 is 1.71 bits per heavy atom. The van der Waals surface area contributed by atoms with Crippen molar-refractivity contribution in [3.05, 3.63) is 12.2 Å². The summed E-state index contributed by atoms with van der Waals surface area (Å²) in [7, 11) is 0. The SMILES string of the molecule is [C]1=CC=NOCC1. The molecule has 0 aliphatic carbocycles. The van der Waals surface area contributed by atoms with Gasteiger partial charge in [0.05, 0.1) is 6.21 Å². The Morgan fingerprint density at radius 2 is 2.71 bits per heavy atom. The largest absolute Gasteiger partial charge is 0.395 e. The minimum atomic E-state index is 0.660. The first kappa shape index (κ1) is 4.37. The van der Waals surface area contributed by atoms with E-state index in [9.17, 15) is 0 Å². The molecule has 0 saturated carbocycles. The molecule has 2 heteroatoms. The summed E-state index contributed by atoms with van der Waals surface area (Å²) in [5, 5.41) is 3.53. The molecule has 0 unspecified atom stereocenters. The highest BCUT2D eigenvalue weighted by atomic mass is 16.6. The third-order valence-electron chi connectivity index (χ3n) is 0.665. The first-order chi connectivity index (χ1) is 3.50. The molecule has 1 aliphatic heterocycles. The quantitative estimate of drug-likeness (QED) is 0.436. The Hall–Kier alpha value is -0.790. The van der Waals surface area contributed by atoms with Gasteiger partial charge in [0.15, 0.2) is 0 Å². The predicted octanol–water partition coefficient (Wildman–Crippen LogP) is 0.752. The van der Waals surface area contributed by atoms with Crippen molar-refractivity contribution in [2.24, 2.45) is 5.16 Å². The van der Waals surface area contributed by atoms with Gasteiger partial charge >= 0.3 is 0 Å². The maximum absolute atomic E-state index is 4.67. The molecule has 1 rings (SSSR count). The van der Waals surface area contributed by atoms with E-state index < -0.39 is 0 Å². The Balaban J connectivity index is 2.39. The van der Waals surface area contributed by atoms with Crippen LogP contribution in [0.2, 0.25) is 0 Å². The molecule has 37 valence electrons. The van der Waals surface area contributed by atoms with Crippen LogP contribution in [0, 0.1) is 6.08 Å². The summed E-state index contributed by atoms with van der Waals surface area (Å²) in [6, 6.07) is 0. The molecule has 0 atom stereocenters. The maximum Gasteiger partial charge on any atom is 0.121 e. The van der Waals surface area contributed by atoms with Gasteiger partial charge in [0.25, 0.3) is 0 Å². The van der Waals surface area contributed by atoms with Crippen molar-refractivity contribution in [2.45, 2.75) is 6.42 Å². The van der Waals surface area contributed by atoms with Gasteiger partial charge in [-0.05, 0) is 12.2 Å². The molecule has 0 fully saturated rings. The Labute approximate surface area is 42.5 Å². The second-order valence-corrected chi connectivity index (χ2v) is 1.21. The fourth-order valence-corrected chi connectivity index (χ4v) is 0.367. The van der Waals surface area contributed by atoms with Crippen LogP contribution >= 0.6 is 0 Å². The zero-order valence-electron chi connectivity index (χ0n) is 3.92. The highest BCUT2D eigenvalue weighted by Gasteiger charge is 1.82. The van der Waals surface area contributed by atoms with E-state index in [1.807, 2.05) is 0 Å². The number of nitrogens with zero attached hydrogens (tertiary/aromatic N) is 1. The van der Waals surface area contributed by atoms with E-state index in [2.05, 4.69) is 16.1 Å². The van der Waals surface area contributed by atoms with Gasteiger partial charge in [-0.25, -0.2) is 0 Å². The number of hydrogen-bond donors (Lipinski definition) is 0. The molecule has 1 aliphatic rings. The van der Waals surface area contributed by atoms with Gasteiger partial charge < -0.3 is 4.84 Å². The number of oxime groups is 1. The van der Waals surface area contributed by atoms with E-state index in [0.717, 1.165) is 6.42 Å². The predicted molar refractivity (Wildman–Crippen MR) is 26.9 cm³/mol. The van der Waals surface area contributed by atoms with E-state index in [-0.39, 0.29) is 0 Å². The average molecular weight is 96.1 g/mol. The van der Waals surface area contributed by atoms with Crippen LogP contribution in [0.3, 0.4) is 0 Å². The average Bonchev–Trinajstić information content (AvgIpc) is 1.90. The van der Waals surface area contributed by atoms with Gasteiger partial charge in [-0.3, -0.25) is 0 Å². The summed E-state index contributed by atoms with van der Waals surface area (Å²) in [6.07, 6.45) is 7.14. The normalized spacial score (nSPS) is 18.3. The number of rotatable bonds is 0. The van der Waals surface area contributed by atoms with Crippen LogP contribution in [0.5, 0.6) is 0 Å². The lowest BCUT2D eigenvalue weighted by Crippen LogP contribution is -1.80. The number of hydrogen-bond acceptors (Lipinski definition) is 2. The summed E-state index contributed by atoms with van der Waals surface area (Å²) in [5.41, 5.74) is 0. The lowest BCUT2D eigenvalue weighted by atomic mass is 10.4. The van der Waals surface area contributed by atoms with E-state index >= 15 is 0 Å². The molecule has 0 N–H and O–H groups in total. The molecule has 0 aromatic rings. The molecular weight excluding hydrogens is 90.1 g/mol. The van der Waals surface area contributed by atoms with Crippen LogP contribution in [0.15, 0.2) is 11.2 Å².